The Hall–Kier alpha value is -1.80. The quantitative estimate of drug-likeness (QED) is 0.639. The first-order chi connectivity index (χ1) is 9.38. The number of benzene rings is 1. The van der Waals surface area contributed by atoms with Gasteiger partial charge in [-0.05, 0) is 47.5 Å². The largest absolute Gasteiger partial charge is 0.492 e. The first kappa shape index (κ1) is 16.3. The van der Waals surface area contributed by atoms with E-state index in [2.05, 4.69) is 15.9 Å². The normalized spacial score (nSPS) is 9.60. The zero-order valence-corrected chi connectivity index (χ0v) is 12.5. The molecule has 0 fully saturated rings. The number of nitrogens with zero attached hydrogens (tertiary/aromatic N) is 2. The molecule has 102 valence electrons. The Bertz CT molecular complexity index is 599. The second-order valence-corrected chi connectivity index (χ2v) is 5.10. The van der Waals surface area contributed by atoms with Gasteiger partial charge >= 0.3 is 7.12 Å². The summed E-state index contributed by atoms with van der Waals surface area (Å²) < 4.78 is 6.04. The first-order valence-corrected chi connectivity index (χ1v) is 6.56. The average molecular weight is 335 g/mol. The van der Waals surface area contributed by atoms with Crippen molar-refractivity contribution in [1.82, 2.24) is 0 Å². The van der Waals surface area contributed by atoms with Crippen molar-refractivity contribution in [3.63, 3.8) is 0 Å². The van der Waals surface area contributed by atoms with Crippen LogP contribution < -0.4 is 10.2 Å². The predicted molar refractivity (Wildman–Crippen MR) is 78.9 cm³/mol. The highest BCUT2D eigenvalue weighted by Gasteiger charge is 2.21. The second kappa shape index (κ2) is 7.11. The van der Waals surface area contributed by atoms with Gasteiger partial charge in [-0.25, -0.2) is 0 Å². The SMILES string of the molecule is CC(C)Oc1c(Br)cc(C=C(C#N)C#N)cc1B(O)O. The summed E-state index contributed by atoms with van der Waals surface area (Å²) in [7, 11) is -1.72. The molecule has 5 nitrogen and oxygen atoms in total. The minimum atomic E-state index is -1.72. The van der Waals surface area contributed by atoms with E-state index in [1.807, 2.05) is 13.8 Å². The van der Waals surface area contributed by atoms with Crippen LogP contribution in [0.3, 0.4) is 0 Å². The third-order valence-corrected chi connectivity index (χ3v) is 2.87. The van der Waals surface area contributed by atoms with Crippen LogP contribution in [0.1, 0.15) is 19.4 Å². The molecule has 0 aromatic heterocycles. The van der Waals surface area contributed by atoms with Crippen LogP contribution in [0.15, 0.2) is 22.2 Å². The van der Waals surface area contributed by atoms with Gasteiger partial charge in [-0.3, -0.25) is 0 Å². The van der Waals surface area contributed by atoms with E-state index in [-0.39, 0.29) is 17.1 Å². The molecule has 1 rings (SSSR count). The van der Waals surface area contributed by atoms with Gasteiger partial charge < -0.3 is 14.8 Å². The van der Waals surface area contributed by atoms with Crippen molar-refractivity contribution >= 4 is 34.6 Å². The predicted octanol–water partition coefficient (Wildman–Crippen LogP) is 1.35. The highest BCUT2D eigenvalue weighted by Crippen LogP contribution is 2.26. The van der Waals surface area contributed by atoms with E-state index in [0.29, 0.717) is 15.8 Å². The van der Waals surface area contributed by atoms with Crippen LogP contribution in [0.5, 0.6) is 5.75 Å². The lowest BCUT2D eigenvalue weighted by Crippen LogP contribution is -2.33. The summed E-state index contributed by atoms with van der Waals surface area (Å²) in [5.41, 5.74) is 0.580. The average Bonchev–Trinajstić information content (AvgIpc) is 2.37. The zero-order chi connectivity index (χ0) is 15.3. The van der Waals surface area contributed by atoms with Crippen LogP contribution in [0.4, 0.5) is 0 Å². The lowest BCUT2D eigenvalue weighted by atomic mass is 9.78. The summed E-state index contributed by atoms with van der Waals surface area (Å²) in [6, 6.07) is 6.58. The van der Waals surface area contributed by atoms with Crippen molar-refractivity contribution < 1.29 is 14.8 Å². The molecule has 0 amide bonds. The molecule has 0 saturated carbocycles. The van der Waals surface area contributed by atoms with Gasteiger partial charge in [0.2, 0.25) is 0 Å². The third kappa shape index (κ3) is 4.11. The van der Waals surface area contributed by atoms with E-state index >= 15 is 0 Å². The summed E-state index contributed by atoms with van der Waals surface area (Å²) in [4.78, 5) is 0. The number of halogens is 1. The summed E-state index contributed by atoms with van der Waals surface area (Å²) in [6.07, 6.45) is 1.22. The van der Waals surface area contributed by atoms with Crippen LogP contribution in [-0.2, 0) is 0 Å². The number of ether oxygens (including phenoxy) is 1. The van der Waals surface area contributed by atoms with E-state index in [0.717, 1.165) is 0 Å². The molecule has 0 aliphatic rings. The van der Waals surface area contributed by atoms with E-state index in [1.54, 1.807) is 18.2 Å². The molecule has 0 bridgehead atoms. The van der Waals surface area contributed by atoms with Crippen LogP contribution in [-0.4, -0.2) is 23.3 Å². The molecule has 1 aromatic rings. The van der Waals surface area contributed by atoms with Crippen molar-refractivity contribution in [2.75, 3.05) is 0 Å². The Morgan fingerprint density at radius 2 is 1.95 bits per heavy atom. The molecule has 0 radical (unpaired) electrons. The molecule has 2 N–H and O–H groups in total. The van der Waals surface area contributed by atoms with Gasteiger partial charge in [0.25, 0.3) is 0 Å². The second-order valence-electron chi connectivity index (χ2n) is 4.24. The molecular weight excluding hydrogens is 323 g/mol. The molecule has 7 heteroatoms. The fraction of sp³-hybridized carbons (Fsp3) is 0.231. The number of rotatable bonds is 4. The molecule has 0 heterocycles. The lowest BCUT2D eigenvalue weighted by molar-refractivity contribution is 0.242. The molecule has 0 atom stereocenters. The molecule has 0 spiro atoms. The monoisotopic (exact) mass is 334 g/mol. The topological polar surface area (TPSA) is 97.3 Å². The van der Waals surface area contributed by atoms with Crippen molar-refractivity contribution in [2.45, 2.75) is 20.0 Å². The number of hydrogen-bond donors (Lipinski definition) is 2. The van der Waals surface area contributed by atoms with Gasteiger partial charge in [-0.15, -0.1) is 0 Å². The Morgan fingerprint density at radius 3 is 2.40 bits per heavy atom. The number of allylic oxidation sites excluding steroid dienone is 1. The fourth-order valence-electron chi connectivity index (χ4n) is 1.53. The van der Waals surface area contributed by atoms with Crippen molar-refractivity contribution in [3.8, 4) is 17.9 Å². The first-order valence-electron chi connectivity index (χ1n) is 5.77. The third-order valence-electron chi connectivity index (χ3n) is 2.28. The Kier molecular flexibility index (Phi) is 5.78. The molecule has 0 aliphatic carbocycles. The minimum Gasteiger partial charge on any atom is -0.490 e. The summed E-state index contributed by atoms with van der Waals surface area (Å²) in [6.45, 7) is 3.63. The summed E-state index contributed by atoms with van der Waals surface area (Å²) in [5.74, 6) is 0.322. The van der Waals surface area contributed by atoms with Gasteiger partial charge in [0, 0.05) is 5.46 Å². The Labute approximate surface area is 126 Å². The smallest absolute Gasteiger partial charge is 0.490 e. The summed E-state index contributed by atoms with van der Waals surface area (Å²) in [5, 5.41) is 36.3. The molecule has 0 aliphatic heterocycles. The maximum Gasteiger partial charge on any atom is 0.492 e. The van der Waals surface area contributed by atoms with E-state index in [1.165, 1.54) is 12.1 Å². The van der Waals surface area contributed by atoms with Gasteiger partial charge in [-0.2, -0.15) is 10.5 Å². The van der Waals surface area contributed by atoms with E-state index in [9.17, 15) is 10.0 Å². The molecule has 20 heavy (non-hydrogen) atoms. The Balaban J connectivity index is 3.39. The highest BCUT2D eigenvalue weighted by molar-refractivity contribution is 9.10. The van der Waals surface area contributed by atoms with E-state index in [4.69, 9.17) is 15.3 Å². The van der Waals surface area contributed by atoms with Crippen molar-refractivity contribution in [1.29, 1.82) is 10.5 Å². The molecular formula is C13H12BBrN2O3. The van der Waals surface area contributed by atoms with Crippen molar-refractivity contribution in [2.24, 2.45) is 0 Å². The maximum atomic E-state index is 9.42. The van der Waals surface area contributed by atoms with Crippen LogP contribution in [0, 0.1) is 22.7 Å². The van der Waals surface area contributed by atoms with Gasteiger partial charge in [-0.1, -0.05) is 6.07 Å². The van der Waals surface area contributed by atoms with E-state index < -0.39 is 7.12 Å². The number of hydrogen-bond acceptors (Lipinski definition) is 5. The van der Waals surface area contributed by atoms with Crippen LogP contribution >= 0.6 is 15.9 Å². The van der Waals surface area contributed by atoms with Gasteiger partial charge in [0.05, 0.1) is 10.6 Å². The Morgan fingerprint density at radius 1 is 1.35 bits per heavy atom. The van der Waals surface area contributed by atoms with Gasteiger partial charge in [0.1, 0.15) is 23.5 Å². The molecule has 1 aromatic carbocycles. The van der Waals surface area contributed by atoms with Crippen LogP contribution in [0.2, 0.25) is 0 Å². The number of nitriles is 2. The molecule has 0 saturated heterocycles. The lowest BCUT2D eigenvalue weighted by Gasteiger charge is -2.16. The van der Waals surface area contributed by atoms with Crippen LogP contribution in [0.25, 0.3) is 6.08 Å². The fourth-order valence-corrected chi connectivity index (χ4v) is 2.11. The highest BCUT2D eigenvalue weighted by atomic mass is 79.9. The standard InChI is InChI=1S/C13H12BBrN2O3/c1-8(2)20-13-11(14(18)19)4-9(5-12(13)15)3-10(6-16)7-17/h3-5,8,18-19H,1-2H3. The van der Waals surface area contributed by atoms with Gasteiger partial charge in [0.15, 0.2) is 0 Å². The van der Waals surface area contributed by atoms with Crippen molar-refractivity contribution in [3.05, 3.63) is 27.7 Å². The molecule has 0 unspecified atom stereocenters. The minimum absolute atomic E-state index is 0.0761. The zero-order valence-electron chi connectivity index (χ0n) is 11.0. The maximum absolute atomic E-state index is 9.42. The summed E-state index contributed by atoms with van der Waals surface area (Å²) >= 11 is 3.29.